The van der Waals surface area contributed by atoms with E-state index in [0.717, 1.165) is 38.2 Å². The van der Waals surface area contributed by atoms with Gasteiger partial charge in [-0.1, -0.05) is 17.7 Å². The molecule has 1 N–H and O–H groups in total. The van der Waals surface area contributed by atoms with Gasteiger partial charge in [-0.3, -0.25) is 4.98 Å². The fourth-order valence-corrected chi connectivity index (χ4v) is 4.60. The largest absolute Gasteiger partial charge is 0.486 e. The first-order valence-electron chi connectivity index (χ1n) is 10.2. The van der Waals surface area contributed by atoms with E-state index >= 15 is 0 Å². The number of pyridine rings is 1. The van der Waals surface area contributed by atoms with Crippen molar-refractivity contribution in [2.24, 2.45) is 5.92 Å². The maximum Gasteiger partial charge on any atom is 0.322 e. The number of anilines is 1. The predicted molar refractivity (Wildman–Crippen MR) is 114 cm³/mol. The smallest absolute Gasteiger partial charge is 0.322 e. The van der Waals surface area contributed by atoms with Crippen molar-refractivity contribution in [3.05, 3.63) is 53.3 Å². The Morgan fingerprint density at radius 3 is 2.97 bits per heavy atom. The fraction of sp³-hybridized carbons (Fsp3) is 0.455. The Balaban J connectivity index is 1.37. The molecule has 0 aliphatic carbocycles. The van der Waals surface area contributed by atoms with Crippen molar-refractivity contribution in [3.63, 3.8) is 0 Å². The van der Waals surface area contributed by atoms with Crippen LogP contribution in [0.4, 0.5) is 10.5 Å². The quantitative estimate of drug-likeness (QED) is 0.812. The molecule has 2 atom stereocenters. The van der Waals surface area contributed by atoms with Gasteiger partial charge in [0.25, 0.3) is 0 Å². The number of aromatic nitrogens is 1. The van der Waals surface area contributed by atoms with Gasteiger partial charge >= 0.3 is 6.03 Å². The highest BCUT2D eigenvalue weighted by atomic mass is 35.5. The van der Waals surface area contributed by atoms with Crippen LogP contribution >= 0.6 is 11.6 Å². The van der Waals surface area contributed by atoms with Crippen LogP contribution in [0.5, 0.6) is 5.75 Å². The molecule has 3 heterocycles. The summed E-state index contributed by atoms with van der Waals surface area (Å²) in [6.45, 7) is 3.27. The highest BCUT2D eigenvalue weighted by Gasteiger charge is 2.37. The van der Waals surface area contributed by atoms with Crippen LogP contribution in [0.2, 0.25) is 5.02 Å². The number of fused-ring (bicyclic) bond motifs is 1. The minimum absolute atomic E-state index is 0.0394. The van der Waals surface area contributed by atoms with Crippen molar-refractivity contribution in [3.8, 4) is 5.75 Å². The van der Waals surface area contributed by atoms with E-state index in [-0.39, 0.29) is 6.03 Å². The molecule has 2 aliphatic heterocycles. The number of hydrogen-bond donors (Lipinski definition) is 1. The molecule has 0 bridgehead atoms. The van der Waals surface area contributed by atoms with E-state index < -0.39 is 0 Å². The third-order valence-corrected chi connectivity index (χ3v) is 6.11. The number of ether oxygens (including phenoxy) is 1. The lowest BCUT2D eigenvalue weighted by Crippen LogP contribution is -2.56. The predicted octanol–water partition coefficient (Wildman–Crippen LogP) is 4.26. The number of nitrogens with zero attached hydrogens (tertiary/aromatic N) is 3. The summed E-state index contributed by atoms with van der Waals surface area (Å²) < 4.78 is 5.76. The first-order chi connectivity index (χ1) is 14.1. The van der Waals surface area contributed by atoms with E-state index in [9.17, 15) is 4.79 Å². The van der Waals surface area contributed by atoms with E-state index in [0.29, 0.717) is 35.0 Å². The number of benzene rings is 1. The van der Waals surface area contributed by atoms with E-state index in [4.69, 9.17) is 16.3 Å². The van der Waals surface area contributed by atoms with Crippen LogP contribution in [0.1, 0.15) is 25.0 Å². The fourth-order valence-electron chi connectivity index (χ4n) is 4.36. The Hall–Kier alpha value is -2.31. The maximum atomic E-state index is 12.9. The van der Waals surface area contributed by atoms with Gasteiger partial charge in [0.05, 0.1) is 10.7 Å². The molecule has 2 aromatic rings. The van der Waals surface area contributed by atoms with Crippen LogP contribution in [0.3, 0.4) is 0 Å². The van der Waals surface area contributed by atoms with Crippen molar-refractivity contribution in [2.45, 2.75) is 31.9 Å². The molecule has 2 unspecified atom stereocenters. The molecule has 6 nitrogen and oxygen atoms in total. The molecule has 4 rings (SSSR count). The van der Waals surface area contributed by atoms with Gasteiger partial charge < -0.3 is 19.9 Å². The summed E-state index contributed by atoms with van der Waals surface area (Å²) in [6.07, 6.45) is 5.03. The number of piperidine rings is 2. The molecule has 0 saturated carbocycles. The lowest BCUT2D eigenvalue weighted by atomic mass is 9.84. The Labute approximate surface area is 176 Å². The first kappa shape index (κ1) is 20.0. The number of carbonyl (C=O) groups excluding carboxylic acids is 1. The minimum Gasteiger partial charge on any atom is -0.486 e. The Morgan fingerprint density at radius 1 is 1.28 bits per heavy atom. The lowest BCUT2D eigenvalue weighted by molar-refractivity contribution is 0.0579. The van der Waals surface area contributed by atoms with Crippen LogP contribution in [0.25, 0.3) is 0 Å². The summed E-state index contributed by atoms with van der Waals surface area (Å²) in [4.78, 5) is 21.5. The molecule has 1 aromatic heterocycles. The average molecular weight is 415 g/mol. The summed E-state index contributed by atoms with van der Waals surface area (Å²) in [5.41, 5.74) is 1.51. The summed E-state index contributed by atoms with van der Waals surface area (Å²) >= 11 is 6.38. The van der Waals surface area contributed by atoms with Crippen molar-refractivity contribution < 1.29 is 9.53 Å². The summed E-state index contributed by atoms with van der Waals surface area (Å²) in [5.74, 6) is 1.14. The third kappa shape index (κ3) is 4.82. The second kappa shape index (κ2) is 9.01. The molecular formula is C22H27ClN4O2. The number of rotatable bonds is 4. The van der Waals surface area contributed by atoms with Gasteiger partial charge in [-0.2, -0.15) is 0 Å². The Kier molecular flexibility index (Phi) is 6.21. The topological polar surface area (TPSA) is 57.7 Å². The van der Waals surface area contributed by atoms with Crippen molar-refractivity contribution >= 4 is 23.3 Å². The standard InChI is InChI=1S/C22H27ClN4O2/c1-26-12-9-20-16(14-26)5-4-11-27(20)22(28)25-17-7-8-21(19(23)13-17)29-15-18-6-2-3-10-24-18/h2-3,6-8,10,13,16,20H,4-5,9,11-12,14-15H2,1H3,(H,25,28). The number of amides is 2. The molecule has 29 heavy (non-hydrogen) atoms. The van der Waals surface area contributed by atoms with Gasteiger partial charge in [-0.05, 0) is 69.1 Å². The normalized spacial score (nSPS) is 22.1. The van der Waals surface area contributed by atoms with Crippen LogP contribution in [-0.2, 0) is 6.61 Å². The Morgan fingerprint density at radius 2 is 2.17 bits per heavy atom. The number of likely N-dealkylation sites (tertiary alicyclic amines) is 2. The number of urea groups is 1. The Bertz CT molecular complexity index is 848. The van der Waals surface area contributed by atoms with E-state index in [2.05, 4.69) is 22.2 Å². The average Bonchev–Trinajstić information content (AvgIpc) is 2.73. The van der Waals surface area contributed by atoms with Gasteiger partial charge in [0, 0.05) is 31.0 Å². The van der Waals surface area contributed by atoms with Crippen molar-refractivity contribution in [1.29, 1.82) is 0 Å². The van der Waals surface area contributed by atoms with Gasteiger partial charge in [-0.25, -0.2) is 4.79 Å². The molecule has 0 radical (unpaired) electrons. The maximum absolute atomic E-state index is 12.9. The van der Waals surface area contributed by atoms with Crippen LogP contribution in [-0.4, -0.2) is 53.5 Å². The highest BCUT2D eigenvalue weighted by molar-refractivity contribution is 6.32. The van der Waals surface area contributed by atoms with Crippen LogP contribution in [0.15, 0.2) is 42.6 Å². The summed E-state index contributed by atoms with van der Waals surface area (Å²) in [5, 5.41) is 3.49. The monoisotopic (exact) mass is 414 g/mol. The van der Waals surface area contributed by atoms with Crippen molar-refractivity contribution in [1.82, 2.24) is 14.8 Å². The van der Waals surface area contributed by atoms with Gasteiger partial charge in [-0.15, -0.1) is 0 Å². The number of halogens is 1. The number of hydrogen-bond acceptors (Lipinski definition) is 4. The molecule has 2 fully saturated rings. The SMILES string of the molecule is CN1CCC2C(CCCN2C(=O)Nc2ccc(OCc3ccccn3)c(Cl)c2)C1. The molecule has 7 heteroatoms. The summed E-state index contributed by atoms with van der Waals surface area (Å²) in [6, 6.07) is 11.3. The lowest BCUT2D eigenvalue weighted by Gasteiger charge is -2.46. The van der Waals surface area contributed by atoms with E-state index in [1.165, 1.54) is 6.42 Å². The molecule has 0 spiro atoms. The first-order valence-corrected chi connectivity index (χ1v) is 10.6. The zero-order valence-corrected chi connectivity index (χ0v) is 17.4. The number of carbonyl (C=O) groups is 1. The van der Waals surface area contributed by atoms with Gasteiger partial charge in [0.2, 0.25) is 0 Å². The molecule has 2 aliphatic rings. The molecule has 2 amide bonds. The minimum atomic E-state index is -0.0394. The van der Waals surface area contributed by atoms with Gasteiger partial charge in [0.1, 0.15) is 12.4 Å². The van der Waals surface area contributed by atoms with Crippen LogP contribution in [0, 0.1) is 5.92 Å². The zero-order valence-electron chi connectivity index (χ0n) is 16.7. The van der Waals surface area contributed by atoms with Gasteiger partial charge in [0.15, 0.2) is 0 Å². The zero-order chi connectivity index (χ0) is 20.2. The van der Waals surface area contributed by atoms with E-state index in [1.54, 1.807) is 18.3 Å². The third-order valence-electron chi connectivity index (χ3n) is 5.82. The molecule has 1 aromatic carbocycles. The van der Waals surface area contributed by atoms with Crippen LogP contribution < -0.4 is 10.1 Å². The molecular weight excluding hydrogens is 388 g/mol. The number of nitrogens with one attached hydrogen (secondary N) is 1. The summed E-state index contributed by atoms with van der Waals surface area (Å²) in [7, 11) is 2.16. The van der Waals surface area contributed by atoms with E-state index in [1.807, 2.05) is 29.2 Å². The van der Waals surface area contributed by atoms with Crippen molar-refractivity contribution in [2.75, 3.05) is 32.0 Å². The highest BCUT2D eigenvalue weighted by Crippen LogP contribution is 2.32. The molecule has 2 saturated heterocycles. The second-order valence-electron chi connectivity index (χ2n) is 7.90. The molecule has 154 valence electrons. The second-order valence-corrected chi connectivity index (χ2v) is 8.31.